The van der Waals surface area contributed by atoms with Crippen LogP contribution in [0.4, 0.5) is 4.39 Å². The highest BCUT2D eigenvalue weighted by Gasteiger charge is 2.15. The lowest BCUT2D eigenvalue weighted by atomic mass is 10.2. The summed E-state index contributed by atoms with van der Waals surface area (Å²) in [6, 6.07) is 4.78. The van der Waals surface area contributed by atoms with Crippen LogP contribution in [0.25, 0.3) is 0 Å². The number of benzene rings is 1. The smallest absolute Gasteiger partial charge is 0.242 e. The second-order valence-corrected chi connectivity index (χ2v) is 6.24. The van der Waals surface area contributed by atoms with E-state index in [9.17, 15) is 9.18 Å². The molecule has 0 aliphatic rings. The topological polar surface area (TPSA) is 47.9 Å². The normalized spacial score (nSPS) is 11.3. The zero-order valence-electron chi connectivity index (χ0n) is 14.8. The van der Waals surface area contributed by atoms with Gasteiger partial charge in [0.2, 0.25) is 5.91 Å². The summed E-state index contributed by atoms with van der Waals surface area (Å²) in [7, 11) is 1.81. The third-order valence-electron chi connectivity index (χ3n) is 3.59. The first-order valence-electron chi connectivity index (χ1n) is 8.14. The summed E-state index contributed by atoms with van der Waals surface area (Å²) in [5, 5.41) is 3.14. The molecule has 0 aromatic heterocycles. The van der Waals surface area contributed by atoms with Gasteiger partial charge in [0.05, 0.1) is 13.1 Å². The summed E-state index contributed by atoms with van der Waals surface area (Å²) >= 11 is 3.34. The van der Waals surface area contributed by atoms with E-state index >= 15 is 0 Å². The molecule has 0 aliphatic heterocycles. The molecule has 0 saturated heterocycles. The van der Waals surface area contributed by atoms with Crippen molar-refractivity contribution < 1.29 is 9.18 Å². The van der Waals surface area contributed by atoms with E-state index in [0.29, 0.717) is 31.2 Å². The van der Waals surface area contributed by atoms with E-state index in [1.54, 1.807) is 29.0 Å². The van der Waals surface area contributed by atoms with Crippen LogP contribution in [0.3, 0.4) is 0 Å². The number of carbonyl (C=O) groups excluding carboxylic acids is 1. The molecule has 1 aromatic carbocycles. The van der Waals surface area contributed by atoms with Crippen molar-refractivity contribution in [3.63, 3.8) is 0 Å². The van der Waals surface area contributed by atoms with Crippen LogP contribution < -0.4 is 5.32 Å². The van der Waals surface area contributed by atoms with Crippen LogP contribution in [0.1, 0.15) is 26.3 Å². The minimum Gasteiger partial charge on any atom is -0.357 e. The largest absolute Gasteiger partial charge is 0.357 e. The number of rotatable bonds is 7. The lowest BCUT2D eigenvalue weighted by Crippen LogP contribution is -2.45. The third kappa shape index (κ3) is 6.11. The first-order chi connectivity index (χ1) is 11.4. The van der Waals surface area contributed by atoms with Crippen LogP contribution in [0, 0.1) is 5.82 Å². The van der Waals surface area contributed by atoms with Gasteiger partial charge in [0.25, 0.3) is 0 Å². The number of nitrogens with zero attached hydrogens (tertiary/aromatic N) is 3. The van der Waals surface area contributed by atoms with Crippen molar-refractivity contribution in [2.45, 2.75) is 27.3 Å². The Morgan fingerprint density at radius 2 is 1.96 bits per heavy atom. The minimum absolute atomic E-state index is 0.0433. The van der Waals surface area contributed by atoms with E-state index in [-0.39, 0.29) is 24.8 Å². The van der Waals surface area contributed by atoms with Crippen molar-refractivity contribution in [1.82, 2.24) is 15.1 Å². The van der Waals surface area contributed by atoms with Crippen LogP contribution in [0.15, 0.2) is 27.7 Å². The fourth-order valence-electron chi connectivity index (χ4n) is 2.25. The number of amides is 1. The maximum absolute atomic E-state index is 13.8. The third-order valence-corrected chi connectivity index (χ3v) is 4.09. The summed E-state index contributed by atoms with van der Waals surface area (Å²) in [5.74, 6) is 0.332. The maximum Gasteiger partial charge on any atom is 0.242 e. The van der Waals surface area contributed by atoms with E-state index in [1.165, 1.54) is 6.07 Å². The Balaban J connectivity index is 2.84. The Kier molecular flexibility index (Phi) is 8.74. The van der Waals surface area contributed by atoms with Gasteiger partial charge in [-0.2, -0.15) is 0 Å². The molecule has 0 radical (unpaired) electrons. The quantitative estimate of drug-likeness (QED) is 0.565. The van der Waals surface area contributed by atoms with Gasteiger partial charge in [-0.1, -0.05) is 15.9 Å². The number of hydrogen-bond acceptors (Lipinski definition) is 2. The van der Waals surface area contributed by atoms with Gasteiger partial charge in [-0.25, -0.2) is 9.38 Å². The SMILES string of the molecule is CCNC(=NCc1cc(Br)ccc1F)N(C)CC(=O)N(CC)CC. The van der Waals surface area contributed by atoms with Crippen molar-refractivity contribution in [3.05, 3.63) is 34.1 Å². The summed E-state index contributed by atoms with van der Waals surface area (Å²) in [6.45, 7) is 8.33. The summed E-state index contributed by atoms with van der Waals surface area (Å²) < 4.78 is 14.6. The van der Waals surface area contributed by atoms with Crippen LogP contribution in [0.5, 0.6) is 0 Å². The van der Waals surface area contributed by atoms with Gasteiger partial charge in [-0.15, -0.1) is 0 Å². The second-order valence-electron chi connectivity index (χ2n) is 5.33. The average molecular weight is 401 g/mol. The molecule has 134 valence electrons. The lowest BCUT2D eigenvalue weighted by Gasteiger charge is -2.25. The van der Waals surface area contributed by atoms with Crippen LogP contribution in [-0.4, -0.2) is 54.9 Å². The number of likely N-dealkylation sites (N-methyl/N-ethyl adjacent to an activating group) is 2. The molecule has 0 saturated carbocycles. The Bertz CT molecular complexity index is 576. The Morgan fingerprint density at radius 1 is 1.29 bits per heavy atom. The highest BCUT2D eigenvalue weighted by atomic mass is 79.9. The highest BCUT2D eigenvalue weighted by Crippen LogP contribution is 2.16. The van der Waals surface area contributed by atoms with Crippen molar-refractivity contribution in [1.29, 1.82) is 0 Å². The predicted octanol–water partition coefficient (Wildman–Crippen LogP) is 2.85. The molecule has 1 rings (SSSR count). The molecule has 0 heterocycles. The summed E-state index contributed by atoms with van der Waals surface area (Å²) in [4.78, 5) is 20.2. The molecule has 0 fully saturated rings. The van der Waals surface area contributed by atoms with Crippen LogP contribution in [-0.2, 0) is 11.3 Å². The van der Waals surface area contributed by atoms with Gasteiger partial charge in [0.15, 0.2) is 5.96 Å². The van der Waals surface area contributed by atoms with Gasteiger partial charge in [0.1, 0.15) is 5.82 Å². The average Bonchev–Trinajstić information content (AvgIpc) is 2.55. The van der Waals surface area contributed by atoms with Crippen molar-refractivity contribution in [3.8, 4) is 0 Å². The fourth-order valence-corrected chi connectivity index (χ4v) is 2.66. The molecular weight excluding hydrogens is 375 g/mol. The van der Waals surface area contributed by atoms with E-state index in [0.717, 1.165) is 4.47 Å². The molecule has 24 heavy (non-hydrogen) atoms. The molecule has 0 unspecified atom stereocenters. The molecule has 0 spiro atoms. The van der Waals surface area contributed by atoms with Gasteiger partial charge in [-0.05, 0) is 39.0 Å². The van der Waals surface area contributed by atoms with Gasteiger partial charge >= 0.3 is 0 Å². The van der Waals surface area contributed by atoms with Gasteiger partial charge < -0.3 is 15.1 Å². The summed E-state index contributed by atoms with van der Waals surface area (Å²) in [6.07, 6.45) is 0. The minimum atomic E-state index is -0.292. The van der Waals surface area contributed by atoms with Crippen molar-refractivity contribution >= 4 is 27.8 Å². The molecule has 1 aromatic rings. The summed E-state index contributed by atoms with van der Waals surface area (Å²) in [5.41, 5.74) is 0.503. The number of halogens is 2. The number of guanidine groups is 1. The number of aliphatic imine (C=N–C) groups is 1. The Hall–Kier alpha value is -1.63. The molecular formula is C17H26BrFN4O. The van der Waals surface area contributed by atoms with Crippen molar-refractivity contribution in [2.75, 3.05) is 33.2 Å². The van der Waals surface area contributed by atoms with E-state index in [1.807, 2.05) is 20.8 Å². The molecule has 1 N–H and O–H groups in total. The second kappa shape index (κ2) is 10.3. The standard InChI is InChI=1S/C17H26BrFN4O/c1-5-20-17(22(4)12-16(24)23(6-2)7-3)21-11-13-10-14(18)8-9-15(13)19/h8-10H,5-7,11-12H2,1-4H3,(H,20,21). The highest BCUT2D eigenvalue weighted by molar-refractivity contribution is 9.10. The maximum atomic E-state index is 13.8. The lowest BCUT2D eigenvalue weighted by molar-refractivity contribution is -0.131. The van der Waals surface area contributed by atoms with E-state index in [4.69, 9.17) is 0 Å². The number of hydrogen-bond donors (Lipinski definition) is 1. The van der Waals surface area contributed by atoms with E-state index < -0.39 is 0 Å². The molecule has 0 bridgehead atoms. The predicted molar refractivity (Wildman–Crippen MR) is 99.5 cm³/mol. The molecule has 7 heteroatoms. The zero-order valence-corrected chi connectivity index (χ0v) is 16.4. The van der Waals surface area contributed by atoms with E-state index in [2.05, 4.69) is 26.2 Å². The molecule has 0 aliphatic carbocycles. The van der Waals surface area contributed by atoms with Crippen LogP contribution in [0.2, 0.25) is 0 Å². The fraction of sp³-hybridized carbons (Fsp3) is 0.529. The van der Waals surface area contributed by atoms with Gasteiger partial charge in [0, 0.05) is 36.7 Å². The van der Waals surface area contributed by atoms with Gasteiger partial charge in [-0.3, -0.25) is 4.79 Å². The molecule has 1 amide bonds. The Labute approximate surface area is 152 Å². The number of carbonyl (C=O) groups is 1. The zero-order chi connectivity index (χ0) is 18.1. The first kappa shape index (κ1) is 20.4. The van der Waals surface area contributed by atoms with Crippen LogP contribution >= 0.6 is 15.9 Å². The Morgan fingerprint density at radius 3 is 2.54 bits per heavy atom. The first-order valence-corrected chi connectivity index (χ1v) is 8.93. The monoisotopic (exact) mass is 400 g/mol. The molecule has 5 nitrogen and oxygen atoms in total. The van der Waals surface area contributed by atoms with Crippen molar-refractivity contribution in [2.24, 2.45) is 4.99 Å². The molecule has 0 atom stereocenters. The number of nitrogens with one attached hydrogen (secondary N) is 1.